The van der Waals surface area contributed by atoms with E-state index in [1.165, 1.54) is 4.68 Å². The number of hydrogen-bond donors (Lipinski definition) is 1. The van der Waals surface area contributed by atoms with Gasteiger partial charge in [-0.1, -0.05) is 18.2 Å². The maximum atomic E-state index is 12.5. The van der Waals surface area contributed by atoms with Crippen LogP contribution < -0.4 is 10.6 Å². The quantitative estimate of drug-likeness (QED) is 0.563. The number of carbonyl (C=O) groups is 1. The average Bonchev–Trinajstić information content (AvgIpc) is 3.00. The van der Waals surface area contributed by atoms with Crippen LogP contribution in [0.4, 0.5) is 0 Å². The van der Waals surface area contributed by atoms with Crippen LogP contribution in [0.3, 0.4) is 0 Å². The van der Waals surface area contributed by atoms with Gasteiger partial charge in [0, 0.05) is 23.5 Å². The molecule has 0 bridgehead atoms. The van der Waals surface area contributed by atoms with Gasteiger partial charge in [-0.05, 0) is 43.2 Å². The van der Waals surface area contributed by atoms with Crippen molar-refractivity contribution in [2.45, 2.75) is 13.8 Å². The Balaban J connectivity index is 2.30. The lowest BCUT2D eigenvalue weighted by molar-refractivity contribution is 0.0517. The molecule has 3 rings (SSSR count). The molecule has 0 aliphatic heterocycles. The molecule has 1 aromatic carbocycles. The number of aromatic nitrogens is 2. The van der Waals surface area contributed by atoms with E-state index in [9.17, 15) is 4.79 Å². The first-order valence-electron chi connectivity index (χ1n) is 8.31. The standard InChI is InChI=1S/C20H21N3O3/c1-4-26-20(24)19-18(16-9-5-6-11-22-16)15(12-23(19)21)14-8-7-10-17(25-3)13(14)2/h5-12H,4,21H2,1-3H3. The van der Waals surface area contributed by atoms with Crippen LogP contribution in [0.15, 0.2) is 48.8 Å². The van der Waals surface area contributed by atoms with E-state index in [4.69, 9.17) is 15.3 Å². The lowest BCUT2D eigenvalue weighted by atomic mass is 9.96. The van der Waals surface area contributed by atoms with Crippen LogP contribution in [-0.2, 0) is 4.74 Å². The molecule has 0 unspecified atom stereocenters. The minimum absolute atomic E-state index is 0.263. The summed E-state index contributed by atoms with van der Waals surface area (Å²) < 4.78 is 11.9. The molecular weight excluding hydrogens is 330 g/mol. The summed E-state index contributed by atoms with van der Waals surface area (Å²) in [5.74, 6) is 6.40. The van der Waals surface area contributed by atoms with E-state index in [2.05, 4.69) is 4.98 Å². The van der Waals surface area contributed by atoms with Gasteiger partial charge in [-0.2, -0.15) is 0 Å². The number of hydrogen-bond acceptors (Lipinski definition) is 5. The number of benzene rings is 1. The Morgan fingerprint density at radius 2 is 2.00 bits per heavy atom. The van der Waals surface area contributed by atoms with Crippen molar-refractivity contribution < 1.29 is 14.3 Å². The summed E-state index contributed by atoms with van der Waals surface area (Å²) in [6.45, 7) is 3.99. The fraction of sp³-hybridized carbons (Fsp3) is 0.200. The summed E-state index contributed by atoms with van der Waals surface area (Å²) in [5, 5.41) is 0. The highest BCUT2D eigenvalue weighted by Crippen LogP contribution is 2.39. The first kappa shape index (κ1) is 17.5. The molecule has 3 aromatic rings. The van der Waals surface area contributed by atoms with Crippen molar-refractivity contribution in [2.24, 2.45) is 0 Å². The highest BCUT2D eigenvalue weighted by molar-refractivity contribution is 6.01. The predicted octanol–water partition coefficient (Wildman–Crippen LogP) is 3.42. The Labute approximate surface area is 152 Å². The molecule has 2 aromatic heterocycles. The molecule has 0 aliphatic carbocycles. The van der Waals surface area contributed by atoms with E-state index >= 15 is 0 Å². The molecule has 26 heavy (non-hydrogen) atoms. The number of methoxy groups -OCH3 is 1. The fourth-order valence-corrected chi connectivity index (χ4v) is 3.03. The van der Waals surface area contributed by atoms with Gasteiger partial charge < -0.3 is 15.3 Å². The SMILES string of the molecule is CCOC(=O)c1c(-c2ccccn2)c(-c2cccc(OC)c2C)cn1N. The third kappa shape index (κ3) is 3.01. The second kappa shape index (κ2) is 7.31. The highest BCUT2D eigenvalue weighted by Gasteiger charge is 2.26. The van der Waals surface area contributed by atoms with E-state index in [1.54, 1.807) is 26.4 Å². The molecule has 2 N–H and O–H groups in total. The van der Waals surface area contributed by atoms with Crippen molar-refractivity contribution in [2.75, 3.05) is 19.6 Å². The Morgan fingerprint density at radius 3 is 2.65 bits per heavy atom. The molecule has 0 aliphatic rings. The van der Waals surface area contributed by atoms with Crippen LogP contribution in [0.1, 0.15) is 23.0 Å². The lowest BCUT2D eigenvalue weighted by Crippen LogP contribution is -2.18. The maximum absolute atomic E-state index is 12.5. The Hall–Kier alpha value is -3.28. The van der Waals surface area contributed by atoms with Crippen molar-refractivity contribution in [3.05, 3.63) is 60.0 Å². The number of nitrogen functional groups attached to an aromatic ring is 1. The second-order valence-corrected chi connectivity index (χ2v) is 5.74. The first-order valence-corrected chi connectivity index (χ1v) is 8.31. The molecule has 134 valence electrons. The Kier molecular flexibility index (Phi) is 4.93. The van der Waals surface area contributed by atoms with Crippen LogP contribution in [0.25, 0.3) is 22.4 Å². The van der Waals surface area contributed by atoms with E-state index in [0.717, 1.165) is 22.4 Å². The van der Waals surface area contributed by atoms with E-state index in [0.29, 0.717) is 11.3 Å². The van der Waals surface area contributed by atoms with Gasteiger partial charge in [0.15, 0.2) is 5.69 Å². The van der Waals surface area contributed by atoms with Gasteiger partial charge in [-0.25, -0.2) is 4.79 Å². The number of esters is 1. The molecule has 0 spiro atoms. The summed E-state index contributed by atoms with van der Waals surface area (Å²) in [5.41, 5.74) is 4.22. The summed E-state index contributed by atoms with van der Waals surface area (Å²) in [7, 11) is 1.63. The monoisotopic (exact) mass is 351 g/mol. The molecule has 0 amide bonds. The van der Waals surface area contributed by atoms with Gasteiger partial charge in [0.1, 0.15) is 5.75 Å². The Bertz CT molecular complexity index is 933. The van der Waals surface area contributed by atoms with Crippen molar-refractivity contribution in [1.29, 1.82) is 0 Å². The van der Waals surface area contributed by atoms with Crippen LogP contribution in [-0.4, -0.2) is 29.3 Å². The maximum Gasteiger partial charge on any atom is 0.357 e. The molecule has 0 saturated heterocycles. The molecule has 0 saturated carbocycles. The van der Waals surface area contributed by atoms with E-state index in [1.807, 2.05) is 43.3 Å². The number of carbonyl (C=O) groups excluding carboxylic acids is 1. The molecule has 0 radical (unpaired) electrons. The van der Waals surface area contributed by atoms with E-state index in [-0.39, 0.29) is 12.3 Å². The smallest absolute Gasteiger partial charge is 0.357 e. The summed E-state index contributed by atoms with van der Waals surface area (Å²) in [4.78, 5) is 17.0. The molecule has 6 heteroatoms. The summed E-state index contributed by atoms with van der Waals surface area (Å²) in [6.07, 6.45) is 3.40. The van der Waals surface area contributed by atoms with Gasteiger partial charge in [0.25, 0.3) is 0 Å². The average molecular weight is 351 g/mol. The van der Waals surface area contributed by atoms with Gasteiger partial charge in [0.2, 0.25) is 0 Å². The fourth-order valence-electron chi connectivity index (χ4n) is 3.03. The Morgan fingerprint density at radius 1 is 1.19 bits per heavy atom. The van der Waals surface area contributed by atoms with Crippen molar-refractivity contribution >= 4 is 5.97 Å². The van der Waals surface area contributed by atoms with Crippen LogP contribution in [0.2, 0.25) is 0 Å². The van der Waals surface area contributed by atoms with Crippen LogP contribution in [0, 0.1) is 6.92 Å². The molecule has 0 atom stereocenters. The number of nitrogens with zero attached hydrogens (tertiary/aromatic N) is 2. The zero-order chi connectivity index (χ0) is 18.7. The van der Waals surface area contributed by atoms with Crippen LogP contribution in [0.5, 0.6) is 5.75 Å². The largest absolute Gasteiger partial charge is 0.496 e. The van der Waals surface area contributed by atoms with Crippen molar-refractivity contribution in [3.63, 3.8) is 0 Å². The van der Waals surface area contributed by atoms with Gasteiger partial charge in [-0.3, -0.25) is 9.66 Å². The predicted molar refractivity (Wildman–Crippen MR) is 100 cm³/mol. The zero-order valence-corrected chi connectivity index (χ0v) is 15.0. The molecular formula is C20H21N3O3. The summed E-state index contributed by atoms with van der Waals surface area (Å²) >= 11 is 0. The number of pyridine rings is 1. The third-order valence-electron chi connectivity index (χ3n) is 4.22. The normalized spacial score (nSPS) is 10.6. The molecule has 6 nitrogen and oxygen atoms in total. The zero-order valence-electron chi connectivity index (χ0n) is 15.0. The first-order chi connectivity index (χ1) is 12.6. The third-order valence-corrected chi connectivity index (χ3v) is 4.22. The van der Waals surface area contributed by atoms with Crippen molar-refractivity contribution in [1.82, 2.24) is 9.66 Å². The van der Waals surface area contributed by atoms with Gasteiger partial charge in [0.05, 0.1) is 19.4 Å². The van der Waals surface area contributed by atoms with E-state index < -0.39 is 5.97 Å². The van der Waals surface area contributed by atoms with Crippen molar-refractivity contribution in [3.8, 4) is 28.1 Å². The second-order valence-electron chi connectivity index (χ2n) is 5.74. The molecule has 0 fully saturated rings. The topological polar surface area (TPSA) is 79.4 Å². The summed E-state index contributed by atoms with van der Waals surface area (Å²) in [6, 6.07) is 11.3. The minimum atomic E-state index is -0.484. The van der Waals surface area contributed by atoms with Crippen LogP contribution >= 0.6 is 0 Å². The lowest BCUT2D eigenvalue weighted by Gasteiger charge is -2.12. The van der Waals surface area contributed by atoms with Gasteiger partial charge in [-0.15, -0.1) is 0 Å². The number of ether oxygens (including phenoxy) is 2. The highest BCUT2D eigenvalue weighted by atomic mass is 16.5. The number of rotatable bonds is 5. The molecule has 2 heterocycles. The number of nitrogens with two attached hydrogens (primary N) is 1. The minimum Gasteiger partial charge on any atom is -0.496 e. The van der Waals surface area contributed by atoms with Gasteiger partial charge >= 0.3 is 5.97 Å².